The van der Waals surface area contributed by atoms with Crippen LogP contribution in [0.15, 0.2) is 36.8 Å². The van der Waals surface area contributed by atoms with Gasteiger partial charge in [-0.05, 0) is 18.2 Å². The van der Waals surface area contributed by atoms with Crippen LogP contribution in [0.4, 0.5) is 23.2 Å². The van der Waals surface area contributed by atoms with Gasteiger partial charge in [-0.15, -0.1) is 0 Å². The molecule has 0 radical (unpaired) electrons. The third-order valence-corrected chi connectivity index (χ3v) is 2.36. The first kappa shape index (κ1) is 13.3. The topological polar surface area (TPSA) is 37.8 Å². The van der Waals surface area contributed by atoms with Crippen molar-refractivity contribution >= 4 is 5.69 Å². The quantitative estimate of drug-likeness (QED) is 0.871. The van der Waals surface area contributed by atoms with Gasteiger partial charge >= 0.3 is 6.18 Å². The zero-order chi connectivity index (χ0) is 13.9. The van der Waals surface area contributed by atoms with Gasteiger partial charge in [-0.2, -0.15) is 13.2 Å². The summed E-state index contributed by atoms with van der Waals surface area (Å²) in [6.45, 7) is 0.205. The molecule has 0 fully saturated rings. The largest absolute Gasteiger partial charge is 0.419 e. The fourth-order valence-electron chi connectivity index (χ4n) is 1.47. The Morgan fingerprint density at radius 2 is 1.95 bits per heavy atom. The molecule has 1 aromatic carbocycles. The monoisotopic (exact) mass is 271 g/mol. The number of rotatable bonds is 3. The van der Waals surface area contributed by atoms with Crippen LogP contribution in [0.5, 0.6) is 0 Å². The van der Waals surface area contributed by atoms with E-state index < -0.39 is 17.6 Å². The molecule has 2 rings (SSSR count). The number of nitrogens with one attached hydrogen (secondary N) is 1. The van der Waals surface area contributed by atoms with Gasteiger partial charge in [0.1, 0.15) is 5.82 Å². The Balaban J connectivity index is 2.14. The molecule has 19 heavy (non-hydrogen) atoms. The maximum atomic E-state index is 13.1. The Morgan fingerprint density at radius 3 is 2.58 bits per heavy atom. The van der Waals surface area contributed by atoms with Gasteiger partial charge in [-0.1, -0.05) is 0 Å². The van der Waals surface area contributed by atoms with E-state index in [1.807, 2.05) is 0 Å². The molecule has 0 atom stereocenters. The minimum absolute atomic E-state index is 0.166. The Hall–Kier alpha value is -2.18. The lowest BCUT2D eigenvalue weighted by Gasteiger charge is -2.11. The summed E-state index contributed by atoms with van der Waals surface area (Å²) in [5.41, 5.74) is -0.559. The first-order valence-corrected chi connectivity index (χ1v) is 5.32. The SMILES string of the molecule is Fc1ccc(NCc2cnccn2)cc1C(F)(F)F. The molecule has 1 aromatic heterocycles. The van der Waals surface area contributed by atoms with Crippen LogP contribution in [0.3, 0.4) is 0 Å². The Labute approximate surface area is 106 Å². The van der Waals surface area contributed by atoms with Crippen molar-refractivity contribution < 1.29 is 17.6 Å². The Morgan fingerprint density at radius 1 is 1.16 bits per heavy atom. The van der Waals surface area contributed by atoms with E-state index in [4.69, 9.17) is 0 Å². The molecule has 2 aromatic rings. The summed E-state index contributed by atoms with van der Waals surface area (Å²) in [6.07, 6.45) is -0.262. The van der Waals surface area contributed by atoms with Crippen LogP contribution < -0.4 is 5.32 Å². The molecule has 3 nitrogen and oxygen atoms in total. The smallest absolute Gasteiger partial charge is 0.379 e. The molecule has 0 saturated heterocycles. The number of hydrogen-bond acceptors (Lipinski definition) is 3. The lowest BCUT2D eigenvalue weighted by Crippen LogP contribution is -2.09. The molecule has 0 saturated carbocycles. The minimum atomic E-state index is -4.71. The number of nitrogens with zero attached hydrogens (tertiary/aromatic N) is 2. The molecule has 0 unspecified atom stereocenters. The summed E-state index contributed by atoms with van der Waals surface area (Å²) >= 11 is 0. The number of aromatic nitrogens is 2. The van der Waals surface area contributed by atoms with E-state index >= 15 is 0 Å². The summed E-state index contributed by atoms with van der Waals surface area (Å²) in [7, 11) is 0. The number of halogens is 4. The van der Waals surface area contributed by atoms with Gasteiger partial charge < -0.3 is 5.32 Å². The number of benzene rings is 1. The second kappa shape index (κ2) is 5.21. The molecule has 1 heterocycles. The maximum absolute atomic E-state index is 13.1. The van der Waals surface area contributed by atoms with Gasteiger partial charge in [0, 0.05) is 18.1 Å². The minimum Gasteiger partial charge on any atom is -0.379 e. The van der Waals surface area contributed by atoms with Crippen LogP contribution in [0.25, 0.3) is 0 Å². The molecular weight excluding hydrogens is 262 g/mol. The summed E-state index contributed by atoms with van der Waals surface area (Å²) in [4.78, 5) is 7.79. The molecule has 0 spiro atoms. The van der Waals surface area contributed by atoms with Gasteiger partial charge in [-0.25, -0.2) is 4.39 Å². The average Bonchev–Trinajstić information content (AvgIpc) is 2.37. The second-order valence-electron chi connectivity index (χ2n) is 3.74. The van der Waals surface area contributed by atoms with E-state index in [0.717, 1.165) is 12.1 Å². The summed E-state index contributed by atoms with van der Waals surface area (Å²) < 4.78 is 50.6. The summed E-state index contributed by atoms with van der Waals surface area (Å²) in [6, 6.07) is 2.74. The van der Waals surface area contributed by atoms with Crippen molar-refractivity contribution in [2.75, 3.05) is 5.32 Å². The summed E-state index contributed by atoms with van der Waals surface area (Å²) in [5.74, 6) is -1.29. The van der Waals surface area contributed by atoms with Crippen molar-refractivity contribution in [1.82, 2.24) is 9.97 Å². The van der Waals surface area contributed by atoms with Crippen LogP contribution in [0, 0.1) is 5.82 Å². The van der Waals surface area contributed by atoms with Crippen molar-refractivity contribution in [3.05, 3.63) is 53.9 Å². The highest BCUT2D eigenvalue weighted by Crippen LogP contribution is 2.32. The molecule has 0 aliphatic rings. The third-order valence-electron chi connectivity index (χ3n) is 2.36. The standard InChI is InChI=1S/C12H9F4N3/c13-11-2-1-8(5-10(11)12(14,15)16)19-7-9-6-17-3-4-18-9/h1-6,19H,7H2. The predicted octanol–water partition coefficient (Wildman–Crippen LogP) is 3.25. The Bertz CT molecular complexity index is 555. The molecule has 100 valence electrons. The van der Waals surface area contributed by atoms with E-state index in [1.54, 1.807) is 0 Å². The Kier molecular flexibility index (Phi) is 3.64. The fraction of sp³-hybridized carbons (Fsp3) is 0.167. The molecule has 0 aliphatic carbocycles. The van der Waals surface area contributed by atoms with E-state index in [2.05, 4.69) is 15.3 Å². The van der Waals surface area contributed by atoms with Crippen LogP contribution in [0.2, 0.25) is 0 Å². The van der Waals surface area contributed by atoms with Crippen molar-refractivity contribution in [1.29, 1.82) is 0 Å². The van der Waals surface area contributed by atoms with E-state index in [0.29, 0.717) is 5.69 Å². The number of anilines is 1. The van der Waals surface area contributed by atoms with E-state index in [9.17, 15) is 17.6 Å². The van der Waals surface area contributed by atoms with Gasteiger partial charge in [0.25, 0.3) is 0 Å². The van der Waals surface area contributed by atoms with Crippen molar-refractivity contribution in [2.24, 2.45) is 0 Å². The van der Waals surface area contributed by atoms with Gasteiger partial charge in [0.2, 0.25) is 0 Å². The van der Waals surface area contributed by atoms with Crippen LogP contribution in [-0.4, -0.2) is 9.97 Å². The lowest BCUT2D eigenvalue weighted by atomic mass is 10.2. The zero-order valence-electron chi connectivity index (χ0n) is 9.58. The van der Waals surface area contributed by atoms with E-state index in [1.165, 1.54) is 24.7 Å². The third kappa shape index (κ3) is 3.40. The number of hydrogen-bond donors (Lipinski definition) is 1. The highest BCUT2D eigenvalue weighted by atomic mass is 19.4. The van der Waals surface area contributed by atoms with Crippen molar-refractivity contribution in [2.45, 2.75) is 12.7 Å². The maximum Gasteiger partial charge on any atom is 0.419 e. The van der Waals surface area contributed by atoms with Crippen LogP contribution in [0.1, 0.15) is 11.3 Å². The summed E-state index contributed by atoms with van der Waals surface area (Å²) in [5, 5.41) is 2.73. The predicted molar refractivity (Wildman–Crippen MR) is 60.8 cm³/mol. The molecule has 7 heteroatoms. The molecule has 1 N–H and O–H groups in total. The second-order valence-corrected chi connectivity index (χ2v) is 3.74. The van der Waals surface area contributed by atoms with Crippen molar-refractivity contribution in [3.63, 3.8) is 0 Å². The highest BCUT2D eigenvalue weighted by Gasteiger charge is 2.34. The fourth-order valence-corrected chi connectivity index (χ4v) is 1.47. The first-order valence-electron chi connectivity index (χ1n) is 5.32. The normalized spacial score (nSPS) is 11.4. The van der Waals surface area contributed by atoms with Crippen molar-refractivity contribution in [3.8, 4) is 0 Å². The van der Waals surface area contributed by atoms with Gasteiger partial charge in [0.05, 0.1) is 24.0 Å². The average molecular weight is 271 g/mol. The number of alkyl halides is 3. The molecule has 0 bridgehead atoms. The zero-order valence-corrected chi connectivity index (χ0v) is 9.58. The van der Waals surface area contributed by atoms with E-state index in [-0.39, 0.29) is 12.2 Å². The van der Waals surface area contributed by atoms with Crippen LogP contribution >= 0.6 is 0 Å². The van der Waals surface area contributed by atoms with Gasteiger partial charge in [0.15, 0.2) is 0 Å². The lowest BCUT2D eigenvalue weighted by molar-refractivity contribution is -0.139. The molecular formula is C12H9F4N3. The van der Waals surface area contributed by atoms with Crippen LogP contribution in [-0.2, 0) is 12.7 Å². The molecule has 0 amide bonds. The first-order chi connectivity index (χ1) is 8.97. The molecule has 0 aliphatic heterocycles. The highest BCUT2D eigenvalue weighted by molar-refractivity contribution is 5.47. The van der Waals surface area contributed by atoms with Gasteiger partial charge in [-0.3, -0.25) is 9.97 Å².